The highest BCUT2D eigenvalue weighted by atomic mass is 16.5. The van der Waals surface area contributed by atoms with Gasteiger partial charge in [0.25, 0.3) is 5.91 Å². The second-order valence-corrected chi connectivity index (χ2v) is 6.38. The fourth-order valence-corrected chi connectivity index (χ4v) is 2.95. The van der Waals surface area contributed by atoms with E-state index in [1.807, 2.05) is 30.3 Å². The molecule has 1 saturated heterocycles. The molecule has 0 aromatic heterocycles. The van der Waals surface area contributed by atoms with Gasteiger partial charge in [0, 0.05) is 25.0 Å². The van der Waals surface area contributed by atoms with Crippen LogP contribution in [-0.2, 0) is 9.53 Å². The van der Waals surface area contributed by atoms with Crippen LogP contribution in [0.4, 0.5) is 17.1 Å². The van der Waals surface area contributed by atoms with Crippen molar-refractivity contribution in [3.05, 3.63) is 59.8 Å². The normalized spacial score (nSPS) is 14.3. The number of phenols is 1. The van der Waals surface area contributed by atoms with Gasteiger partial charge in [-0.3, -0.25) is 4.79 Å². The summed E-state index contributed by atoms with van der Waals surface area (Å²) in [5, 5.41) is 24.6. The number of aromatic hydroxyl groups is 1. The minimum Gasteiger partial charge on any atom is -0.508 e. The number of hydrogen-bond donors (Lipinski definition) is 3. The number of carbonyl (C=O) groups is 1. The highest BCUT2D eigenvalue weighted by Crippen LogP contribution is 2.26. The van der Waals surface area contributed by atoms with Crippen LogP contribution in [0.25, 0.3) is 0 Å². The molecule has 7 heteroatoms. The van der Waals surface area contributed by atoms with Gasteiger partial charge in [-0.05, 0) is 42.8 Å². The van der Waals surface area contributed by atoms with Crippen LogP contribution in [0.2, 0.25) is 0 Å². The third-order valence-electron chi connectivity index (χ3n) is 4.45. The van der Waals surface area contributed by atoms with Gasteiger partial charge < -0.3 is 25.4 Å². The maximum Gasteiger partial charge on any atom is 0.267 e. The number of ether oxygens (including phenoxy) is 1. The Hall–Kier alpha value is -3.50. The van der Waals surface area contributed by atoms with E-state index in [-0.39, 0.29) is 11.3 Å². The average Bonchev–Trinajstić information content (AvgIpc) is 2.71. The first-order valence-corrected chi connectivity index (χ1v) is 8.98. The molecule has 2 aromatic rings. The van der Waals surface area contributed by atoms with E-state index in [2.05, 4.69) is 15.5 Å². The zero-order chi connectivity index (χ0) is 19.9. The minimum atomic E-state index is -0.521. The van der Waals surface area contributed by atoms with Gasteiger partial charge in [-0.15, -0.1) is 0 Å². The van der Waals surface area contributed by atoms with Crippen molar-refractivity contribution in [2.75, 3.05) is 41.8 Å². The lowest BCUT2D eigenvalue weighted by Crippen LogP contribution is -2.36. The molecule has 3 rings (SSSR count). The Balaban J connectivity index is 1.75. The SMILES string of the molecule is Cc1cc(O)ccc1NC(=O)/C(C#N)=C\Nc1ccccc1N1CCOCC1. The van der Waals surface area contributed by atoms with E-state index in [1.54, 1.807) is 19.1 Å². The van der Waals surface area contributed by atoms with Crippen molar-refractivity contribution in [3.63, 3.8) is 0 Å². The summed E-state index contributed by atoms with van der Waals surface area (Å²) in [7, 11) is 0. The molecule has 144 valence electrons. The number of para-hydroxylation sites is 2. The number of rotatable bonds is 5. The van der Waals surface area contributed by atoms with Gasteiger partial charge in [0.15, 0.2) is 0 Å². The first-order valence-electron chi connectivity index (χ1n) is 8.98. The van der Waals surface area contributed by atoms with Crippen LogP contribution in [0.15, 0.2) is 54.2 Å². The van der Waals surface area contributed by atoms with Crippen LogP contribution in [0, 0.1) is 18.3 Å². The van der Waals surface area contributed by atoms with Crippen molar-refractivity contribution in [3.8, 4) is 11.8 Å². The van der Waals surface area contributed by atoms with Crippen LogP contribution in [0.5, 0.6) is 5.75 Å². The van der Waals surface area contributed by atoms with Crippen molar-refractivity contribution in [1.29, 1.82) is 5.26 Å². The molecule has 1 amide bonds. The van der Waals surface area contributed by atoms with Crippen LogP contribution >= 0.6 is 0 Å². The number of amides is 1. The first-order chi connectivity index (χ1) is 13.6. The lowest BCUT2D eigenvalue weighted by atomic mass is 10.1. The molecule has 7 nitrogen and oxygen atoms in total. The summed E-state index contributed by atoms with van der Waals surface area (Å²) in [5.41, 5.74) is 3.00. The Kier molecular flexibility index (Phi) is 6.14. The van der Waals surface area contributed by atoms with E-state index in [1.165, 1.54) is 12.3 Å². The number of anilines is 3. The number of nitriles is 1. The lowest BCUT2D eigenvalue weighted by molar-refractivity contribution is -0.112. The van der Waals surface area contributed by atoms with Crippen LogP contribution in [-0.4, -0.2) is 37.3 Å². The maximum absolute atomic E-state index is 12.5. The topological polar surface area (TPSA) is 97.6 Å². The van der Waals surface area contributed by atoms with Gasteiger partial charge in [0.1, 0.15) is 17.4 Å². The first kappa shape index (κ1) is 19.3. The average molecular weight is 378 g/mol. The molecule has 2 aromatic carbocycles. The summed E-state index contributed by atoms with van der Waals surface area (Å²) in [6.07, 6.45) is 1.41. The molecule has 1 aliphatic rings. The summed E-state index contributed by atoms with van der Waals surface area (Å²) >= 11 is 0. The number of hydrogen-bond acceptors (Lipinski definition) is 6. The molecule has 3 N–H and O–H groups in total. The standard InChI is InChI=1S/C21H22N4O3/c1-15-12-17(26)6-7-18(15)24-21(27)16(13-22)14-23-19-4-2-3-5-20(19)25-8-10-28-11-9-25/h2-7,12,14,23,26H,8-11H2,1H3,(H,24,27)/b16-14-. The smallest absolute Gasteiger partial charge is 0.267 e. The zero-order valence-electron chi connectivity index (χ0n) is 15.6. The molecule has 0 atom stereocenters. The second-order valence-electron chi connectivity index (χ2n) is 6.38. The Morgan fingerprint density at radius 3 is 2.68 bits per heavy atom. The van der Waals surface area contributed by atoms with E-state index in [0.717, 1.165) is 24.5 Å². The summed E-state index contributed by atoms with van der Waals surface area (Å²) < 4.78 is 5.40. The van der Waals surface area contributed by atoms with Crippen molar-refractivity contribution >= 4 is 23.0 Å². The van der Waals surface area contributed by atoms with Gasteiger partial charge in [-0.25, -0.2) is 0 Å². The monoisotopic (exact) mass is 378 g/mol. The predicted octanol–water partition coefficient (Wildman–Crippen LogP) is 3.00. The largest absolute Gasteiger partial charge is 0.508 e. The van der Waals surface area contributed by atoms with Crippen LogP contribution in [0.1, 0.15) is 5.56 Å². The molecule has 1 aliphatic heterocycles. The summed E-state index contributed by atoms with van der Waals surface area (Å²) in [6.45, 7) is 4.67. The zero-order valence-corrected chi connectivity index (χ0v) is 15.6. The van der Waals surface area contributed by atoms with E-state index < -0.39 is 5.91 Å². The highest BCUT2D eigenvalue weighted by Gasteiger charge is 2.15. The van der Waals surface area contributed by atoms with Gasteiger partial charge in [0.05, 0.1) is 24.6 Å². The molecular formula is C21H22N4O3. The Morgan fingerprint density at radius 2 is 1.96 bits per heavy atom. The fourth-order valence-electron chi connectivity index (χ4n) is 2.95. The molecule has 0 radical (unpaired) electrons. The molecular weight excluding hydrogens is 356 g/mol. The molecule has 1 heterocycles. The predicted molar refractivity (Wildman–Crippen MR) is 108 cm³/mol. The van der Waals surface area contributed by atoms with Gasteiger partial charge in [0.2, 0.25) is 0 Å². The van der Waals surface area contributed by atoms with E-state index in [4.69, 9.17) is 4.74 Å². The molecule has 0 spiro atoms. The second kappa shape index (κ2) is 8.93. The van der Waals surface area contributed by atoms with Crippen molar-refractivity contribution in [1.82, 2.24) is 0 Å². The van der Waals surface area contributed by atoms with Crippen molar-refractivity contribution in [2.24, 2.45) is 0 Å². The number of benzene rings is 2. The Labute approximate surface area is 163 Å². The summed E-state index contributed by atoms with van der Waals surface area (Å²) in [6, 6.07) is 14.3. The number of aryl methyl sites for hydroxylation is 1. The Bertz CT molecular complexity index is 927. The highest BCUT2D eigenvalue weighted by molar-refractivity contribution is 6.07. The quantitative estimate of drug-likeness (QED) is 0.420. The van der Waals surface area contributed by atoms with Crippen molar-refractivity contribution in [2.45, 2.75) is 6.92 Å². The third kappa shape index (κ3) is 4.61. The summed E-state index contributed by atoms with van der Waals surface area (Å²) in [4.78, 5) is 14.7. The lowest BCUT2D eigenvalue weighted by Gasteiger charge is -2.30. The van der Waals surface area contributed by atoms with E-state index in [9.17, 15) is 15.2 Å². The molecule has 0 saturated carbocycles. The van der Waals surface area contributed by atoms with E-state index >= 15 is 0 Å². The molecule has 0 aliphatic carbocycles. The number of phenolic OH excluding ortho intramolecular Hbond substituents is 1. The molecule has 1 fully saturated rings. The fraction of sp³-hybridized carbons (Fsp3) is 0.238. The van der Waals surface area contributed by atoms with Gasteiger partial charge in [-0.1, -0.05) is 12.1 Å². The van der Waals surface area contributed by atoms with Crippen molar-refractivity contribution < 1.29 is 14.6 Å². The number of nitrogens with zero attached hydrogens (tertiary/aromatic N) is 2. The maximum atomic E-state index is 12.5. The molecule has 28 heavy (non-hydrogen) atoms. The molecule has 0 unspecified atom stereocenters. The van der Waals surface area contributed by atoms with Gasteiger partial charge >= 0.3 is 0 Å². The number of morpholine rings is 1. The number of carbonyl (C=O) groups excluding carboxylic acids is 1. The third-order valence-corrected chi connectivity index (χ3v) is 4.45. The van der Waals surface area contributed by atoms with E-state index in [0.29, 0.717) is 24.5 Å². The number of nitrogens with one attached hydrogen (secondary N) is 2. The molecule has 0 bridgehead atoms. The van der Waals surface area contributed by atoms with Crippen LogP contribution < -0.4 is 15.5 Å². The van der Waals surface area contributed by atoms with Crippen LogP contribution in [0.3, 0.4) is 0 Å². The Morgan fingerprint density at radius 1 is 1.21 bits per heavy atom. The summed E-state index contributed by atoms with van der Waals surface area (Å²) in [5.74, 6) is -0.402. The minimum absolute atomic E-state index is 0.0516. The van der Waals surface area contributed by atoms with Gasteiger partial charge in [-0.2, -0.15) is 5.26 Å².